The van der Waals surface area contributed by atoms with Gasteiger partial charge in [-0.2, -0.15) is 0 Å². The fourth-order valence-electron chi connectivity index (χ4n) is 2.22. The molecule has 0 spiro atoms. The number of halogens is 1. The summed E-state index contributed by atoms with van der Waals surface area (Å²) >= 11 is 6.01. The van der Waals surface area contributed by atoms with Gasteiger partial charge >= 0.3 is 5.97 Å². The van der Waals surface area contributed by atoms with Gasteiger partial charge in [0.2, 0.25) is 0 Å². The van der Waals surface area contributed by atoms with Crippen LogP contribution in [0.1, 0.15) is 46.5 Å². The van der Waals surface area contributed by atoms with Crippen molar-refractivity contribution in [2.45, 2.75) is 52.0 Å². The summed E-state index contributed by atoms with van der Waals surface area (Å²) in [5, 5.41) is 4.00. The first-order valence-corrected chi connectivity index (χ1v) is 7.66. The number of hydrogen-bond acceptors (Lipinski definition) is 3. The highest BCUT2D eigenvalue weighted by molar-refractivity contribution is 6.30. The van der Waals surface area contributed by atoms with Crippen molar-refractivity contribution >= 4 is 23.3 Å². The third-order valence-electron chi connectivity index (χ3n) is 3.44. The van der Waals surface area contributed by atoms with E-state index in [0.717, 1.165) is 24.9 Å². The van der Waals surface area contributed by atoms with E-state index in [0.29, 0.717) is 18.1 Å². The summed E-state index contributed by atoms with van der Waals surface area (Å²) in [6.45, 7) is 6.34. The minimum atomic E-state index is -0.670. The second-order valence-corrected chi connectivity index (χ2v) is 5.33. The SMILES string of the molecule is CCCCC(CC)(Nc1cccc(Cl)c1)C(=O)OCC. The van der Waals surface area contributed by atoms with Gasteiger partial charge in [0.1, 0.15) is 5.54 Å². The van der Waals surface area contributed by atoms with Crippen molar-refractivity contribution in [3.05, 3.63) is 29.3 Å². The molecular formula is C16H24ClNO2. The molecule has 4 heteroatoms. The number of hydrogen-bond donors (Lipinski definition) is 1. The lowest BCUT2D eigenvalue weighted by molar-refractivity contribution is -0.149. The molecule has 0 radical (unpaired) electrons. The maximum Gasteiger partial charge on any atom is 0.331 e. The van der Waals surface area contributed by atoms with Gasteiger partial charge in [-0.1, -0.05) is 44.4 Å². The molecule has 1 atom stereocenters. The van der Waals surface area contributed by atoms with Gasteiger partial charge in [0.25, 0.3) is 0 Å². The average molecular weight is 298 g/mol. The highest BCUT2D eigenvalue weighted by Gasteiger charge is 2.37. The van der Waals surface area contributed by atoms with Crippen LogP contribution in [0.25, 0.3) is 0 Å². The summed E-state index contributed by atoms with van der Waals surface area (Å²) in [4.78, 5) is 12.4. The molecule has 20 heavy (non-hydrogen) atoms. The Balaban J connectivity index is 2.98. The van der Waals surface area contributed by atoms with Gasteiger partial charge in [-0.05, 0) is 38.0 Å². The van der Waals surface area contributed by atoms with Gasteiger partial charge in [-0.25, -0.2) is 4.79 Å². The number of nitrogens with one attached hydrogen (secondary N) is 1. The number of anilines is 1. The van der Waals surface area contributed by atoms with Crippen LogP contribution in [0.3, 0.4) is 0 Å². The standard InChI is InChI=1S/C16H24ClNO2/c1-4-7-11-16(5-2,15(19)20-6-3)18-14-10-8-9-13(17)12-14/h8-10,12,18H,4-7,11H2,1-3H3. The van der Waals surface area contributed by atoms with Crippen LogP contribution in [-0.2, 0) is 9.53 Å². The summed E-state index contributed by atoms with van der Waals surface area (Å²) in [7, 11) is 0. The molecule has 3 nitrogen and oxygen atoms in total. The fourth-order valence-corrected chi connectivity index (χ4v) is 2.41. The Morgan fingerprint density at radius 2 is 2.10 bits per heavy atom. The van der Waals surface area contributed by atoms with Crippen molar-refractivity contribution in [1.29, 1.82) is 0 Å². The number of carbonyl (C=O) groups is 1. The zero-order chi connectivity index (χ0) is 15.0. The molecule has 1 aromatic rings. The largest absolute Gasteiger partial charge is 0.464 e. The normalized spacial score (nSPS) is 13.6. The van der Waals surface area contributed by atoms with Gasteiger partial charge in [0, 0.05) is 10.7 Å². The number of unbranched alkanes of at least 4 members (excludes halogenated alkanes) is 1. The molecule has 1 N–H and O–H groups in total. The Kier molecular flexibility index (Phi) is 6.86. The van der Waals surface area contributed by atoms with E-state index < -0.39 is 5.54 Å². The third-order valence-corrected chi connectivity index (χ3v) is 3.67. The van der Waals surface area contributed by atoms with Gasteiger partial charge in [0.05, 0.1) is 6.61 Å². The van der Waals surface area contributed by atoms with Crippen LogP contribution in [0.5, 0.6) is 0 Å². The monoisotopic (exact) mass is 297 g/mol. The van der Waals surface area contributed by atoms with Crippen LogP contribution in [0, 0.1) is 0 Å². The highest BCUT2D eigenvalue weighted by Crippen LogP contribution is 2.27. The second kappa shape index (κ2) is 8.15. The summed E-state index contributed by atoms with van der Waals surface area (Å²) in [6, 6.07) is 7.44. The number of ether oxygens (including phenoxy) is 1. The molecule has 0 aliphatic rings. The predicted octanol–water partition coefficient (Wildman–Crippen LogP) is 4.65. The lowest BCUT2D eigenvalue weighted by Crippen LogP contribution is -2.47. The summed E-state index contributed by atoms with van der Waals surface area (Å²) in [6.07, 6.45) is 3.45. The maximum atomic E-state index is 12.4. The van der Waals surface area contributed by atoms with Gasteiger partial charge in [-0.3, -0.25) is 0 Å². The molecule has 0 aromatic heterocycles. The van der Waals surface area contributed by atoms with Crippen LogP contribution in [0.4, 0.5) is 5.69 Å². The summed E-state index contributed by atoms with van der Waals surface area (Å²) in [5.41, 5.74) is 0.181. The minimum Gasteiger partial charge on any atom is -0.464 e. The Hall–Kier alpha value is -1.22. The van der Waals surface area contributed by atoms with Gasteiger partial charge in [-0.15, -0.1) is 0 Å². The molecule has 0 heterocycles. The van der Waals surface area contributed by atoms with E-state index in [9.17, 15) is 4.79 Å². The van der Waals surface area contributed by atoms with Crippen LogP contribution in [0.2, 0.25) is 5.02 Å². The van der Waals surface area contributed by atoms with Crippen LogP contribution in [-0.4, -0.2) is 18.1 Å². The van der Waals surface area contributed by atoms with Crippen molar-refractivity contribution in [3.63, 3.8) is 0 Å². The van der Waals surface area contributed by atoms with E-state index in [2.05, 4.69) is 12.2 Å². The molecule has 0 amide bonds. The molecule has 0 aliphatic carbocycles. The van der Waals surface area contributed by atoms with Crippen molar-refractivity contribution in [1.82, 2.24) is 0 Å². The van der Waals surface area contributed by atoms with E-state index in [-0.39, 0.29) is 5.97 Å². The Labute approximate surface area is 126 Å². The Bertz CT molecular complexity index is 436. The van der Waals surface area contributed by atoms with E-state index >= 15 is 0 Å². The molecule has 0 saturated heterocycles. The molecular weight excluding hydrogens is 274 g/mol. The zero-order valence-corrected chi connectivity index (χ0v) is 13.3. The van der Waals surface area contributed by atoms with Gasteiger partial charge in [0.15, 0.2) is 0 Å². The molecule has 0 aliphatic heterocycles. The molecule has 1 aromatic carbocycles. The molecule has 0 bridgehead atoms. The number of carbonyl (C=O) groups excluding carboxylic acids is 1. The molecule has 0 fully saturated rings. The van der Waals surface area contributed by atoms with Crippen molar-refractivity contribution < 1.29 is 9.53 Å². The van der Waals surface area contributed by atoms with E-state index in [4.69, 9.17) is 16.3 Å². The lowest BCUT2D eigenvalue weighted by Gasteiger charge is -2.32. The van der Waals surface area contributed by atoms with Crippen molar-refractivity contribution in [3.8, 4) is 0 Å². The van der Waals surface area contributed by atoms with Crippen molar-refractivity contribution in [2.75, 3.05) is 11.9 Å². The van der Waals surface area contributed by atoms with E-state index in [1.54, 1.807) is 0 Å². The first-order valence-electron chi connectivity index (χ1n) is 7.29. The number of rotatable bonds is 8. The average Bonchev–Trinajstić information content (AvgIpc) is 2.44. The first kappa shape index (κ1) is 16.8. The Morgan fingerprint density at radius 3 is 2.65 bits per heavy atom. The summed E-state index contributed by atoms with van der Waals surface area (Å²) in [5.74, 6) is -0.184. The van der Waals surface area contributed by atoms with Crippen LogP contribution in [0.15, 0.2) is 24.3 Å². The number of benzene rings is 1. The predicted molar refractivity (Wildman–Crippen MR) is 84.3 cm³/mol. The third kappa shape index (κ3) is 4.41. The maximum absolute atomic E-state index is 12.4. The molecule has 112 valence electrons. The molecule has 1 unspecified atom stereocenters. The zero-order valence-electron chi connectivity index (χ0n) is 12.5. The van der Waals surface area contributed by atoms with E-state index in [1.807, 2.05) is 38.1 Å². The molecule has 1 rings (SSSR count). The topological polar surface area (TPSA) is 38.3 Å². The second-order valence-electron chi connectivity index (χ2n) is 4.90. The smallest absolute Gasteiger partial charge is 0.331 e. The van der Waals surface area contributed by atoms with Crippen molar-refractivity contribution in [2.24, 2.45) is 0 Å². The quantitative estimate of drug-likeness (QED) is 0.710. The fraction of sp³-hybridized carbons (Fsp3) is 0.562. The van der Waals surface area contributed by atoms with Crippen LogP contribution >= 0.6 is 11.6 Å². The minimum absolute atomic E-state index is 0.184. The molecule has 0 saturated carbocycles. The van der Waals surface area contributed by atoms with Crippen LogP contribution < -0.4 is 5.32 Å². The first-order chi connectivity index (χ1) is 9.57. The summed E-state index contributed by atoms with van der Waals surface area (Å²) < 4.78 is 5.26. The van der Waals surface area contributed by atoms with E-state index in [1.165, 1.54) is 0 Å². The van der Waals surface area contributed by atoms with Gasteiger partial charge < -0.3 is 10.1 Å². The Morgan fingerprint density at radius 1 is 1.35 bits per heavy atom. The number of esters is 1. The highest BCUT2D eigenvalue weighted by atomic mass is 35.5. The lowest BCUT2D eigenvalue weighted by atomic mass is 9.89.